The van der Waals surface area contributed by atoms with Gasteiger partial charge in [-0.15, -0.1) is 0 Å². The number of morpholine rings is 1. The van der Waals surface area contributed by atoms with Crippen molar-refractivity contribution < 1.29 is 19.4 Å². The highest BCUT2D eigenvalue weighted by Crippen LogP contribution is 2.15. The number of carboxylic acids is 1. The summed E-state index contributed by atoms with van der Waals surface area (Å²) >= 11 is 0. The van der Waals surface area contributed by atoms with E-state index in [0.29, 0.717) is 18.7 Å². The van der Waals surface area contributed by atoms with Crippen LogP contribution >= 0.6 is 0 Å². The number of carbonyl (C=O) groups is 2. The fourth-order valence-corrected chi connectivity index (χ4v) is 2.13. The molecule has 1 aromatic heterocycles. The zero-order valence-electron chi connectivity index (χ0n) is 10.7. The molecule has 0 spiro atoms. The highest BCUT2D eigenvalue weighted by molar-refractivity contribution is 5.94. The number of rotatable bonds is 3. The number of aryl methyl sites for hydroxylation is 1. The van der Waals surface area contributed by atoms with Crippen molar-refractivity contribution in [3.8, 4) is 0 Å². The van der Waals surface area contributed by atoms with Gasteiger partial charge in [-0.05, 0) is 18.6 Å². The van der Waals surface area contributed by atoms with Gasteiger partial charge in [0.2, 0.25) is 0 Å². The van der Waals surface area contributed by atoms with Gasteiger partial charge in [-0.3, -0.25) is 14.6 Å². The van der Waals surface area contributed by atoms with Crippen LogP contribution in [0.15, 0.2) is 18.5 Å². The molecule has 0 bridgehead atoms. The second kappa shape index (κ2) is 5.79. The van der Waals surface area contributed by atoms with Gasteiger partial charge in [-0.1, -0.05) is 0 Å². The largest absolute Gasteiger partial charge is 0.481 e. The molecule has 1 saturated heterocycles. The predicted octanol–water partition coefficient (Wildman–Crippen LogP) is 0.706. The van der Waals surface area contributed by atoms with Crippen LogP contribution in [0.4, 0.5) is 0 Å². The molecular weight excluding hydrogens is 248 g/mol. The van der Waals surface area contributed by atoms with E-state index < -0.39 is 12.0 Å². The summed E-state index contributed by atoms with van der Waals surface area (Å²) in [6.07, 6.45) is 3.07. The molecule has 1 unspecified atom stereocenters. The number of hydrogen-bond acceptors (Lipinski definition) is 4. The van der Waals surface area contributed by atoms with Gasteiger partial charge in [-0.25, -0.2) is 0 Å². The van der Waals surface area contributed by atoms with Crippen LogP contribution in [0.25, 0.3) is 0 Å². The topological polar surface area (TPSA) is 79.7 Å². The second-order valence-corrected chi connectivity index (χ2v) is 4.58. The van der Waals surface area contributed by atoms with E-state index in [-0.39, 0.29) is 18.9 Å². The van der Waals surface area contributed by atoms with E-state index in [1.807, 2.05) is 6.92 Å². The highest BCUT2D eigenvalue weighted by Gasteiger charge is 2.29. The van der Waals surface area contributed by atoms with Gasteiger partial charge >= 0.3 is 5.97 Å². The molecular formula is C13H16N2O4. The molecule has 0 radical (unpaired) electrons. The maximum atomic E-state index is 12.4. The van der Waals surface area contributed by atoms with Crippen molar-refractivity contribution in [2.24, 2.45) is 0 Å². The Labute approximate surface area is 111 Å². The molecule has 1 aliphatic rings. The van der Waals surface area contributed by atoms with Crippen LogP contribution in [0, 0.1) is 6.92 Å². The maximum Gasteiger partial charge on any atom is 0.305 e. The fourth-order valence-electron chi connectivity index (χ4n) is 2.13. The van der Waals surface area contributed by atoms with E-state index in [9.17, 15) is 9.59 Å². The first-order valence-corrected chi connectivity index (χ1v) is 6.10. The summed E-state index contributed by atoms with van der Waals surface area (Å²) in [5, 5.41) is 8.87. The Kier molecular flexibility index (Phi) is 4.11. The van der Waals surface area contributed by atoms with E-state index in [2.05, 4.69) is 4.98 Å². The standard InChI is InChI=1S/C13H16N2O4/c1-9-4-10(7-14-6-9)13(18)15-2-3-19-8-11(15)5-12(16)17/h4,6-7,11H,2-3,5,8H2,1H3,(H,16,17). The first kappa shape index (κ1) is 13.5. The molecule has 2 heterocycles. The SMILES string of the molecule is Cc1cncc(C(=O)N2CCOCC2CC(=O)O)c1. The average molecular weight is 264 g/mol. The summed E-state index contributed by atoms with van der Waals surface area (Å²) in [7, 11) is 0. The minimum Gasteiger partial charge on any atom is -0.481 e. The Bertz CT molecular complexity index is 489. The van der Waals surface area contributed by atoms with Crippen LogP contribution < -0.4 is 0 Å². The molecule has 1 aliphatic heterocycles. The van der Waals surface area contributed by atoms with Crippen molar-refractivity contribution in [1.82, 2.24) is 9.88 Å². The smallest absolute Gasteiger partial charge is 0.305 e. The summed E-state index contributed by atoms with van der Waals surface area (Å²) in [6, 6.07) is 1.34. The van der Waals surface area contributed by atoms with Crippen molar-refractivity contribution in [3.05, 3.63) is 29.6 Å². The van der Waals surface area contributed by atoms with E-state index in [0.717, 1.165) is 5.56 Å². The molecule has 1 fully saturated rings. The molecule has 1 aromatic rings. The van der Waals surface area contributed by atoms with Crippen LogP contribution in [0.2, 0.25) is 0 Å². The monoisotopic (exact) mass is 264 g/mol. The Morgan fingerprint density at radius 3 is 3.00 bits per heavy atom. The number of amides is 1. The minimum absolute atomic E-state index is 0.106. The summed E-state index contributed by atoms with van der Waals surface area (Å²) in [6.45, 7) is 2.96. The van der Waals surface area contributed by atoms with Gasteiger partial charge in [0, 0.05) is 18.9 Å². The molecule has 19 heavy (non-hydrogen) atoms. The Hall–Kier alpha value is -1.95. The highest BCUT2D eigenvalue weighted by atomic mass is 16.5. The van der Waals surface area contributed by atoms with Crippen molar-refractivity contribution in [1.29, 1.82) is 0 Å². The molecule has 1 amide bonds. The van der Waals surface area contributed by atoms with Gasteiger partial charge in [-0.2, -0.15) is 0 Å². The third-order valence-electron chi connectivity index (χ3n) is 3.02. The number of carbonyl (C=O) groups excluding carboxylic acids is 1. The molecule has 102 valence electrons. The van der Waals surface area contributed by atoms with Crippen LogP contribution in [-0.2, 0) is 9.53 Å². The average Bonchev–Trinajstić information content (AvgIpc) is 2.38. The van der Waals surface area contributed by atoms with Crippen molar-refractivity contribution >= 4 is 11.9 Å². The summed E-state index contributed by atoms with van der Waals surface area (Å²) in [5.41, 5.74) is 1.38. The second-order valence-electron chi connectivity index (χ2n) is 4.58. The molecule has 1 atom stereocenters. The number of aliphatic carboxylic acids is 1. The lowest BCUT2D eigenvalue weighted by Crippen LogP contribution is -2.49. The quantitative estimate of drug-likeness (QED) is 0.869. The zero-order chi connectivity index (χ0) is 13.8. The van der Waals surface area contributed by atoms with Gasteiger partial charge in [0.15, 0.2) is 0 Å². The number of carboxylic acid groups (broad SMARTS) is 1. The van der Waals surface area contributed by atoms with Crippen molar-refractivity contribution in [2.75, 3.05) is 19.8 Å². The van der Waals surface area contributed by atoms with Gasteiger partial charge in [0.1, 0.15) is 0 Å². The van der Waals surface area contributed by atoms with Crippen LogP contribution in [-0.4, -0.2) is 52.7 Å². The molecule has 2 rings (SSSR count). The Morgan fingerprint density at radius 2 is 2.32 bits per heavy atom. The summed E-state index contributed by atoms with van der Waals surface area (Å²) in [4.78, 5) is 28.8. The lowest BCUT2D eigenvalue weighted by Gasteiger charge is -2.34. The van der Waals surface area contributed by atoms with E-state index in [1.165, 1.54) is 6.20 Å². The third-order valence-corrected chi connectivity index (χ3v) is 3.02. The molecule has 6 nitrogen and oxygen atoms in total. The van der Waals surface area contributed by atoms with Gasteiger partial charge in [0.25, 0.3) is 5.91 Å². The maximum absolute atomic E-state index is 12.4. The lowest BCUT2D eigenvalue weighted by atomic mass is 10.1. The lowest BCUT2D eigenvalue weighted by molar-refractivity contribution is -0.139. The Balaban J connectivity index is 2.17. The van der Waals surface area contributed by atoms with Crippen molar-refractivity contribution in [2.45, 2.75) is 19.4 Å². The third kappa shape index (κ3) is 3.29. The predicted molar refractivity (Wildman–Crippen MR) is 66.9 cm³/mol. The zero-order valence-corrected chi connectivity index (χ0v) is 10.7. The van der Waals surface area contributed by atoms with Crippen LogP contribution in [0.5, 0.6) is 0 Å². The van der Waals surface area contributed by atoms with Gasteiger partial charge in [0.05, 0.1) is 31.2 Å². The first-order chi connectivity index (χ1) is 9.08. The van der Waals surface area contributed by atoms with Crippen LogP contribution in [0.1, 0.15) is 22.3 Å². The molecule has 1 N–H and O–H groups in total. The Morgan fingerprint density at radius 1 is 1.53 bits per heavy atom. The minimum atomic E-state index is -0.935. The first-order valence-electron chi connectivity index (χ1n) is 6.10. The number of aromatic nitrogens is 1. The number of hydrogen-bond donors (Lipinski definition) is 1. The van der Waals surface area contributed by atoms with Crippen LogP contribution in [0.3, 0.4) is 0 Å². The molecule has 0 aromatic carbocycles. The summed E-state index contributed by atoms with van der Waals surface area (Å²) < 4.78 is 5.25. The number of ether oxygens (including phenoxy) is 1. The summed E-state index contributed by atoms with van der Waals surface area (Å²) in [5.74, 6) is -1.12. The van der Waals surface area contributed by atoms with Crippen molar-refractivity contribution in [3.63, 3.8) is 0 Å². The van der Waals surface area contributed by atoms with E-state index in [4.69, 9.17) is 9.84 Å². The molecule has 0 aliphatic carbocycles. The van der Waals surface area contributed by atoms with E-state index >= 15 is 0 Å². The number of pyridine rings is 1. The molecule has 6 heteroatoms. The fraction of sp³-hybridized carbons (Fsp3) is 0.462. The normalized spacial score (nSPS) is 19.2. The number of nitrogens with zero attached hydrogens (tertiary/aromatic N) is 2. The van der Waals surface area contributed by atoms with E-state index in [1.54, 1.807) is 17.2 Å². The van der Waals surface area contributed by atoms with Gasteiger partial charge < -0.3 is 14.7 Å². The molecule has 0 saturated carbocycles.